The molecule has 0 fully saturated rings. The lowest BCUT2D eigenvalue weighted by molar-refractivity contribution is -0.0547. The minimum Gasteiger partial charge on any atom is -0.508 e. The van der Waals surface area contributed by atoms with Crippen molar-refractivity contribution in [1.82, 2.24) is 0 Å². The number of halogens is 3. The van der Waals surface area contributed by atoms with Crippen molar-refractivity contribution in [2.24, 2.45) is 0 Å². The summed E-state index contributed by atoms with van der Waals surface area (Å²) in [7, 11) is -5.57. The molecule has 16 heavy (non-hydrogen) atoms. The third-order valence-corrected chi connectivity index (χ3v) is 2.60. The topological polar surface area (TPSA) is 63.6 Å². The fraction of sp³-hybridized carbons (Fsp3) is 0.250. The predicted molar refractivity (Wildman–Crippen MR) is 47.9 cm³/mol. The molecular formula is C8H7F3O4S. The molecule has 0 aliphatic carbocycles. The zero-order valence-corrected chi connectivity index (χ0v) is 8.55. The minimum absolute atomic E-state index is 0.0811. The number of phenols is 1. The van der Waals surface area contributed by atoms with Gasteiger partial charge in [0.15, 0.2) is 0 Å². The largest absolute Gasteiger partial charge is 0.523 e. The van der Waals surface area contributed by atoms with Crippen LogP contribution >= 0.6 is 0 Å². The van der Waals surface area contributed by atoms with Crippen LogP contribution in [0, 0.1) is 0 Å². The first kappa shape index (κ1) is 12.8. The van der Waals surface area contributed by atoms with E-state index < -0.39 is 22.2 Å². The van der Waals surface area contributed by atoms with E-state index >= 15 is 0 Å². The molecule has 8 heteroatoms. The van der Waals surface area contributed by atoms with Crippen LogP contribution in [0.15, 0.2) is 24.3 Å². The van der Waals surface area contributed by atoms with Gasteiger partial charge in [-0.3, -0.25) is 4.18 Å². The van der Waals surface area contributed by atoms with E-state index in [9.17, 15) is 21.6 Å². The quantitative estimate of drug-likeness (QED) is 0.661. The molecule has 0 bridgehead atoms. The highest BCUT2D eigenvalue weighted by Gasteiger charge is 2.47. The van der Waals surface area contributed by atoms with Crippen LogP contribution in [0.3, 0.4) is 0 Å². The Labute approximate surface area is 89.4 Å². The summed E-state index contributed by atoms with van der Waals surface area (Å²) in [6.07, 6.45) is 0. The molecule has 0 saturated carbocycles. The minimum atomic E-state index is -5.57. The first-order valence-electron chi connectivity index (χ1n) is 3.96. The Morgan fingerprint density at radius 2 is 1.69 bits per heavy atom. The van der Waals surface area contributed by atoms with Gasteiger partial charge in [-0.2, -0.15) is 21.6 Å². The maximum Gasteiger partial charge on any atom is 0.523 e. The van der Waals surface area contributed by atoms with Crippen molar-refractivity contribution in [3.05, 3.63) is 29.8 Å². The van der Waals surface area contributed by atoms with Gasteiger partial charge in [-0.1, -0.05) is 12.1 Å². The second kappa shape index (κ2) is 4.30. The molecule has 0 unspecified atom stereocenters. The Kier molecular flexibility index (Phi) is 3.44. The summed E-state index contributed by atoms with van der Waals surface area (Å²) in [5.41, 5.74) is -5.23. The summed E-state index contributed by atoms with van der Waals surface area (Å²) in [5, 5.41) is 8.87. The van der Waals surface area contributed by atoms with Crippen molar-refractivity contribution >= 4 is 10.1 Å². The summed E-state index contributed by atoms with van der Waals surface area (Å²) in [6, 6.07) is 4.92. The maximum atomic E-state index is 11.8. The summed E-state index contributed by atoms with van der Waals surface area (Å²) in [6.45, 7) is -0.734. The first-order chi connectivity index (χ1) is 7.22. The molecule has 1 rings (SSSR count). The van der Waals surface area contributed by atoms with E-state index in [0.29, 0.717) is 0 Å². The zero-order chi connectivity index (χ0) is 12.4. The van der Waals surface area contributed by atoms with Gasteiger partial charge in [0.2, 0.25) is 0 Å². The second-order valence-electron chi connectivity index (χ2n) is 2.83. The van der Waals surface area contributed by atoms with Gasteiger partial charge in [-0.15, -0.1) is 0 Å². The van der Waals surface area contributed by atoms with Crippen LogP contribution in [0.25, 0.3) is 0 Å². The smallest absolute Gasteiger partial charge is 0.508 e. The molecule has 0 amide bonds. The number of benzene rings is 1. The van der Waals surface area contributed by atoms with E-state index in [2.05, 4.69) is 4.18 Å². The van der Waals surface area contributed by atoms with Gasteiger partial charge in [0.05, 0.1) is 6.61 Å². The summed E-state index contributed by atoms with van der Waals surface area (Å²) >= 11 is 0. The molecule has 0 radical (unpaired) electrons. The van der Waals surface area contributed by atoms with Crippen molar-refractivity contribution in [2.45, 2.75) is 12.1 Å². The molecule has 4 nitrogen and oxygen atoms in total. The van der Waals surface area contributed by atoms with E-state index in [1.165, 1.54) is 24.3 Å². The molecule has 1 N–H and O–H groups in total. The molecular weight excluding hydrogens is 249 g/mol. The lowest BCUT2D eigenvalue weighted by Crippen LogP contribution is -2.25. The van der Waals surface area contributed by atoms with Crippen molar-refractivity contribution in [3.63, 3.8) is 0 Å². The number of hydrogen-bond donors (Lipinski definition) is 1. The van der Waals surface area contributed by atoms with Crippen LogP contribution < -0.4 is 0 Å². The third-order valence-electron chi connectivity index (χ3n) is 1.60. The molecule has 0 aliphatic heterocycles. The van der Waals surface area contributed by atoms with E-state index in [1.54, 1.807) is 0 Å². The number of alkyl halides is 3. The Balaban J connectivity index is 2.69. The lowest BCUT2D eigenvalue weighted by Gasteiger charge is -2.08. The Morgan fingerprint density at radius 1 is 1.19 bits per heavy atom. The van der Waals surface area contributed by atoms with Gasteiger partial charge in [-0.25, -0.2) is 0 Å². The fourth-order valence-electron chi connectivity index (χ4n) is 0.805. The van der Waals surface area contributed by atoms with Crippen molar-refractivity contribution in [2.75, 3.05) is 0 Å². The van der Waals surface area contributed by atoms with Gasteiger partial charge in [0.1, 0.15) is 5.75 Å². The van der Waals surface area contributed by atoms with Crippen LogP contribution in [-0.4, -0.2) is 19.0 Å². The molecule has 0 spiro atoms. The van der Waals surface area contributed by atoms with Crippen LogP contribution in [0.1, 0.15) is 5.56 Å². The standard InChI is InChI=1S/C8H7F3O4S/c9-8(10,11)16(13,14)15-5-6-1-3-7(12)4-2-6/h1-4,12H,5H2. The lowest BCUT2D eigenvalue weighted by atomic mass is 10.2. The molecule has 1 aromatic rings. The van der Waals surface area contributed by atoms with Crippen molar-refractivity contribution < 1.29 is 30.9 Å². The molecule has 1 aromatic carbocycles. The Hall–Kier alpha value is -1.28. The molecule has 0 aliphatic rings. The monoisotopic (exact) mass is 256 g/mol. The zero-order valence-electron chi connectivity index (χ0n) is 7.73. The highest BCUT2D eigenvalue weighted by Crippen LogP contribution is 2.25. The molecule has 0 atom stereocenters. The highest BCUT2D eigenvalue weighted by atomic mass is 32.2. The predicted octanol–water partition coefficient (Wildman–Crippen LogP) is 1.76. The summed E-state index contributed by atoms with van der Waals surface area (Å²) in [5.74, 6) is -0.0811. The van der Waals surface area contributed by atoms with Gasteiger partial charge >= 0.3 is 15.6 Å². The Bertz CT molecular complexity index is 449. The number of hydrogen-bond acceptors (Lipinski definition) is 4. The molecule has 0 heterocycles. The average Bonchev–Trinajstić information content (AvgIpc) is 2.15. The third kappa shape index (κ3) is 3.11. The van der Waals surface area contributed by atoms with E-state index in [4.69, 9.17) is 5.11 Å². The second-order valence-corrected chi connectivity index (χ2v) is 4.44. The molecule has 0 aromatic heterocycles. The molecule has 90 valence electrons. The number of phenolic OH excluding ortho intramolecular Hbond substituents is 1. The van der Waals surface area contributed by atoms with E-state index in [1.807, 2.05) is 0 Å². The van der Waals surface area contributed by atoms with E-state index in [0.717, 1.165) is 0 Å². The maximum absolute atomic E-state index is 11.8. The fourth-order valence-corrected chi connectivity index (χ4v) is 1.23. The highest BCUT2D eigenvalue weighted by molar-refractivity contribution is 7.87. The van der Waals surface area contributed by atoms with Gasteiger partial charge in [0.25, 0.3) is 0 Å². The number of aromatic hydroxyl groups is 1. The van der Waals surface area contributed by atoms with Gasteiger partial charge < -0.3 is 5.11 Å². The Morgan fingerprint density at radius 3 is 2.12 bits per heavy atom. The van der Waals surface area contributed by atoms with Crippen LogP contribution in [0.5, 0.6) is 5.75 Å². The SMILES string of the molecule is O=S(=O)(OCc1ccc(O)cc1)C(F)(F)F. The molecule has 0 saturated heterocycles. The van der Waals surface area contributed by atoms with Crippen LogP contribution in [0.4, 0.5) is 13.2 Å². The normalized spacial score (nSPS) is 12.7. The first-order valence-corrected chi connectivity index (χ1v) is 5.37. The number of rotatable bonds is 3. The summed E-state index contributed by atoms with van der Waals surface area (Å²) in [4.78, 5) is 0. The summed E-state index contributed by atoms with van der Waals surface area (Å²) < 4.78 is 60.3. The van der Waals surface area contributed by atoms with E-state index in [-0.39, 0.29) is 11.3 Å². The van der Waals surface area contributed by atoms with Gasteiger partial charge in [0, 0.05) is 0 Å². The average molecular weight is 256 g/mol. The van der Waals surface area contributed by atoms with Gasteiger partial charge in [-0.05, 0) is 17.7 Å². The van der Waals surface area contributed by atoms with Crippen molar-refractivity contribution in [1.29, 1.82) is 0 Å². The van der Waals surface area contributed by atoms with Crippen LogP contribution in [0.2, 0.25) is 0 Å². The van der Waals surface area contributed by atoms with Crippen molar-refractivity contribution in [3.8, 4) is 5.75 Å². The van der Waals surface area contributed by atoms with Crippen LogP contribution in [-0.2, 0) is 20.9 Å².